The SMILES string of the molecule is CCC(CC)(Cc1ccc(N)c(C(C)N)c1)c1ccccc1. The molecule has 0 saturated heterocycles. The fraction of sp³-hybridized carbons (Fsp3) is 0.400. The largest absolute Gasteiger partial charge is 0.398 e. The third kappa shape index (κ3) is 3.33. The zero-order chi connectivity index (χ0) is 16.2. The second kappa shape index (κ2) is 6.97. The summed E-state index contributed by atoms with van der Waals surface area (Å²) >= 11 is 0. The average Bonchev–Trinajstić information content (AvgIpc) is 2.55. The van der Waals surface area contributed by atoms with Gasteiger partial charge in [-0.25, -0.2) is 0 Å². The van der Waals surface area contributed by atoms with Gasteiger partial charge in [-0.15, -0.1) is 0 Å². The Morgan fingerprint density at radius 1 is 1.00 bits per heavy atom. The topological polar surface area (TPSA) is 52.0 Å². The van der Waals surface area contributed by atoms with Crippen LogP contribution in [0.1, 0.15) is 56.3 Å². The van der Waals surface area contributed by atoms with Gasteiger partial charge < -0.3 is 11.5 Å². The van der Waals surface area contributed by atoms with E-state index in [0.717, 1.165) is 30.5 Å². The van der Waals surface area contributed by atoms with Gasteiger partial charge >= 0.3 is 0 Å². The highest BCUT2D eigenvalue weighted by atomic mass is 14.6. The van der Waals surface area contributed by atoms with E-state index in [1.165, 1.54) is 11.1 Å². The Hall–Kier alpha value is -1.80. The van der Waals surface area contributed by atoms with E-state index in [1.54, 1.807) is 0 Å². The lowest BCUT2D eigenvalue weighted by atomic mass is 9.71. The second-order valence-corrected chi connectivity index (χ2v) is 6.28. The first kappa shape index (κ1) is 16.6. The Labute approximate surface area is 134 Å². The van der Waals surface area contributed by atoms with E-state index in [-0.39, 0.29) is 11.5 Å². The number of anilines is 1. The molecule has 0 aromatic heterocycles. The molecule has 0 saturated carbocycles. The lowest BCUT2D eigenvalue weighted by molar-refractivity contribution is 0.392. The highest BCUT2D eigenvalue weighted by Gasteiger charge is 2.28. The molecular weight excluding hydrogens is 268 g/mol. The lowest BCUT2D eigenvalue weighted by Gasteiger charge is -2.33. The molecule has 2 nitrogen and oxygen atoms in total. The molecule has 118 valence electrons. The molecule has 1 atom stereocenters. The van der Waals surface area contributed by atoms with Gasteiger partial charge in [-0.05, 0) is 54.4 Å². The maximum Gasteiger partial charge on any atom is 0.0362 e. The van der Waals surface area contributed by atoms with E-state index in [1.807, 2.05) is 13.0 Å². The predicted molar refractivity (Wildman–Crippen MR) is 95.9 cm³/mol. The molecule has 0 amide bonds. The first-order valence-electron chi connectivity index (χ1n) is 8.22. The summed E-state index contributed by atoms with van der Waals surface area (Å²) in [5.41, 5.74) is 16.8. The minimum absolute atomic E-state index is 0.0330. The summed E-state index contributed by atoms with van der Waals surface area (Å²) in [6.07, 6.45) is 3.25. The van der Waals surface area contributed by atoms with Crippen molar-refractivity contribution >= 4 is 5.69 Å². The summed E-state index contributed by atoms with van der Waals surface area (Å²) in [5.74, 6) is 0. The monoisotopic (exact) mass is 296 g/mol. The fourth-order valence-corrected chi connectivity index (χ4v) is 3.32. The van der Waals surface area contributed by atoms with Crippen molar-refractivity contribution in [3.8, 4) is 0 Å². The van der Waals surface area contributed by atoms with E-state index in [0.29, 0.717) is 0 Å². The van der Waals surface area contributed by atoms with Crippen molar-refractivity contribution in [3.05, 3.63) is 65.2 Å². The molecule has 22 heavy (non-hydrogen) atoms. The van der Waals surface area contributed by atoms with Crippen LogP contribution in [0, 0.1) is 0 Å². The van der Waals surface area contributed by atoms with Crippen LogP contribution in [0.4, 0.5) is 5.69 Å². The van der Waals surface area contributed by atoms with Crippen molar-refractivity contribution in [2.24, 2.45) is 5.73 Å². The maximum absolute atomic E-state index is 6.05. The van der Waals surface area contributed by atoms with Crippen LogP contribution in [0.25, 0.3) is 0 Å². The van der Waals surface area contributed by atoms with Gasteiger partial charge in [0.05, 0.1) is 0 Å². The Bertz CT molecular complexity index is 598. The summed E-state index contributed by atoms with van der Waals surface area (Å²) in [6, 6.07) is 17.1. The Kier molecular flexibility index (Phi) is 5.25. The van der Waals surface area contributed by atoms with Crippen LogP contribution >= 0.6 is 0 Å². The van der Waals surface area contributed by atoms with Gasteiger partial charge in [-0.1, -0.05) is 56.3 Å². The molecule has 0 aliphatic heterocycles. The van der Waals surface area contributed by atoms with Crippen molar-refractivity contribution < 1.29 is 0 Å². The minimum Gasteiger partial charge on any atom is -0.398 e. The number of hydrogen-bond donors (Lipinski definition) is 2. The highest BCUT2D eigenvalue weighted by Crippen LogP contribution is 2.36. The van der Waals surface area contributed by atoms with Gasteiger partial charge in [0.25, 0.3) is 0 Å². The van der Waals surface area contributed by atoms with Gasteiger partial charge in [0, 0.05) is 11.7 Å². The van der Waals surface area contributed by atoms with Crippen molar-refractivity contribution in [1.82, 2.24) is 0 Å². The molecule has 0 fully saturated rings. The van der Waals surface area contributed by atoms with Crippen LogP contribution in [0.3, 0.4) is 0 Å². The quantitative estimate of drug-likeness (QED) is 0.766. The molecule has 0 bridgehead atoms. The number of benzene rings is 2. The standard InChI is InChI=1S/C20H28N2/c1-4-20(5-2,17-9-7-6-8-10-17)14-16-11-12-19(22)18(13-16)15(3)21/h6-13,15H,4-5,14,21-22H2,1-3H3. The second-order valence-electron chi connectivity index (χ2n) is 6.28. The summed E-state index contributed by atoms with van der Waals surface area (Å²) in [7, 11) is 0. The molecule has 0 aliphatic carbocycles. The van der Waals surface area contributed by atoms with E-state index in [9.17, 15) is 0 Å². The number of rotatable bonds is 6. The van der Waals surface area contributed by atoms with Crippen LogP contribution in [0.15, 0.2) is 48.5 Å². The summed E-state index contributed by atoms with van der Waals surface area (Å²) in [4.78, 5) is 0. The molecule has 0 heterocycles. The van der Waals surface area contributed by atoms with Gasteiger partial charge in [-0.2, -0.15) is 0 Å². The third-order valence-electron chi connectivity index (χ3n) is 4.92. The molecule has 0 aliphatic rings. The van der Waals surface area contributed by atoms with Gasteiger partial charge in [0.2, 0.25) is 0 Å². The van der Waals surface area contributed by atoms with Crippen molar-refractivity contribution in [1.29, 1.82) is 0 Å². The fourth-order valence-electron chi connectivity index (χ4n) is 3.32. The van der Waals surface area contributed by atoms with E-state index < -0.39 is 0 Å². The lowest BCUT2D eigenvalue weighted by Crippen LogP contribution is -2.27. The smallest absolute Gasteiger partial charge is 0.0362 e. The van der Waals surface area contributed by atoms with E-state index >= 15 is 0 Å². The Morgan fingerprint density at radius 3 is 2.18 bits per heavy atom. The minimum atomic E-state index is -0.0330. The predicted octanol–water partition coefficient (Wildman–Crippen LogP) is 4.59. The average molecular weight is 296 g/mol. The number of hydrogen-bond acceptors (Lipinski definition) is 2. The van der Waals surface area contributed by atoms with Crippen LogP contribution in [-0.4, -0.2) is 0 Å². The van der Waals surface area contributed by atoms with Crippen LogP contribution in [0.2, 0.25) is 0 Å². The van der Waals surface area contributed by atoms with Crippen LogP contribution < -0.4 is 11.5 Å². The molecule has 2 aromatic carbocycles. The molecule has 1 unspecified atom stereocenters. The zero-order valence-electron chi connectivity index (χ0n) is 14.0. The first-order chi connectivity index (χ1) is 10.5. The highest BCUT2D eigenvalue weighted by molar-refractivity contribution is 5.50. The normalized spacial score (nSPS) is 13.1. The zero-order valence-corrected chi connectivity index (χ0v) is 14.0. The molecule has 2 rings (SSSR count). The Morgan fingerprint density at radius 2 is 1.64 bits per heavy atom. The summed E-state index contributed by atoms with van der Waals surface area (Å²) in [6.45, 7) is 6.54. The first-order valence-corrected chi connectivity index (χ1v) is 8.22. The van der Waals surface area contributed by atoms with Crippen molar-refractivity contribution in [2.75, 3.05) is 5.73 Å². The maximum atomic E-state index is 6.05. The van der Waals surface area contributed by atoms with Gasteiger partial charge in [0.15, 0.2) is 0 Å². The van der Waals surface area contributed by atoms with Gasteiger partial charge in [-0.3, -0.25) is 0 Å². The molecule has 2 heteroatoms. The Balaban J connectivity index is 2.39. The van der Waals surface area contributed by atoms with Crippen LogP contribution in [0.5, 0.6) is 0 Å². The molecule has 2 aromatic rings. The molecule has 0 radical (unpaired) electrons. The van der Waals surface area contributed by atoms with Gasteiger partial charge in [0.1, 0.15) is 0 Å². The van der Waals surface area contributed by atoms with Crippen molar-refractivity contribution in [3.63, 3.8) is 0 Å². The van der Waals surface area contributed by atoms with E-state index in [4.69, 9.17) is 11.5 Å². The molecule has 4 N–H and O–H groups in total. The van der Waals surface area contributed by atoms with E-state index in [2.05, 4.69) is 56.3 Å². The summed E-state index contributed by atoms with van der Waals surface area (Å²) < 4.78 is 0. The molecule has 0 spiro atoms. The van der Waals surface area contributed by atoms with Crippen molar-refractivity contribution in [2.45, 2.75) is 51.5 Å². The number of nitrogen functional groups attached to an aromatic ring is 1. The number of nitrogens with two attached hydrogens (primary N) is 2. The third-order valence-corrected chi connectivity index (χ3v) is 4.92. The molecular formula is C20H28N2. The van der Waals surface area contributed by atoms with Crippen LogP contribution in [-0.2, 0) is 11.8 Å². The summed E-state index contributed by atoms with van der Waals surface area (Å²) in [5, 5.41) is 0.